The zero-order chi connectivity index (χ0) is 22.2. The molecule has 0 radical (unpaired) electrons. The summed E-state index contributed by atoms with van der Waals surface area (Å²) in [6, 6.07) is 21.5. The maximum absolute atomic E-state index is 11.6. The van der Waals surface area contributed by atoms with E-state index in [0.29, 0.717) is 12.1 Å². The Bertz CT molecular complexity index is 802. The van der Waals surface area contributed by atoms with Crippen LogP contribution in [0.15, 0.2) is 60.7 Å². The van der Waals surface area contributed by atoms with E-state index in [1.54, 1.807) is 0 Å². The van der Waals surface area contributed by atoms with Gasteiger partial charge in [0.15, 0.2) is 0 Å². The van der Waals surface area contributed by atoms with Gasteiger partial charge in [-0.25, -0.2) is 5.14 Å². The molecule has 0 aromatic heterocycles. The van der Waals surface area contributed by atoms with Gasteiger partial charge >= 0.3 is 10.3 Å². The van der Waals surface area contributed by atoms with Crippen molar-refractivity contribution < 1.29 is 18.1 Å². The molecule has 1 heterocycles. The molecule has 0 unspecified atom stereocenters. The Morgan fingerprint density at radius 3 is 1.77 bits per heavy atom. The number of likely N-dealkylation sites (tertiary alicyclic amines) is 1. The lowest BCUT2D eigenvalue weighted by Gasteiger charge is -2.40. The molecule has 0 amide bonds. The molecule has 0 saturated carbocycles. The highest BCUT2D eigenvalue weighted by atomic mass is 32.2. The Hall–Kier alpha value is -1.77. The van der Waals surface area contributed by atoms with Crippen molar-refractivity contribution in [1.82, 2.24) is 4.90 Å². The second kappa shape index (κ2) is 11.0. The Morgan fingerprint density at radius 1 is 0.967 bits per heavy atom. The number of aliphatic hydroxyl groups is 1. The third-order valence-electron chi connectivity index (χ3n) is 5.83. The van der Waals surface area contributed by atoms with E-state index in [4.69, 9.17) is 13.0 Å². The first kappa shape index (κ1) is 24.5. The van der Waals surface area contributed by atoms with Gasteiger partial charge in [0.2, 0.25) is 0 Å². The summed E-state index contributed by atoms with van der Waals surface area (Å²) in [5.41, 5.74) is 1.06. The van der Waals surface area contributed by atoms with Crippen LogP contribution in [0.2, 0.25) is 0 Å². The third-order valence-corrected chi connectivity index (χ3v) is 5.83. The summed E-state index contributed by atoms with van der Waals surface area (Å²) >= 11 is 0. The molecular weight excluding hydrogens is 400 g/mol. The number of benzene rings is 2. The lowest BCUT2D eigenvalue weighted by molar-refractivity contribution is 0.0522. The van der Waals surface area contributed by atoms with Crippen LogP contribution in [0.25, 0.3) is 0 Å². The molecule has 166 valence electrons. The fourth-order valence-corrected chi connectivity index (χ4v) is 4.32. The Morgan fingerprint density at radius 2 is 1.37 bits per heavy atom. The SMILES string of the molecule is C[C@@H]1CCC[C@H](C)N1CCCC(O)(c1ccccc1)c1ccccc1.NS(=O)(=O)O. The molecule has 2 aromatic rings. The minimum absolute atomic E-state index is 0.658. The summed E-state index contributed by atoms with van der Waals surface area (Å²) in [6.45, 7) is 5.75. The van der Waals surface area contributed by atoms with Crippen molar-refractivity contribution in [2.24, 2.45) is 5.14 Å². The zero-order valence-corrected chi connectivity index (χ0v) is 18.6. The van der Waals surface area contributed by atoms with Crippen LogP contribution in [0.1, 0.15) is 57.1 Å². The maximum Gasteiger partial charge on any atom is 0.330 e. The number of piperidine rings is 1. The molecule has 1 saturated heterocycles. The predicted molar refractivity (Wildman–Crippen MR) is 120 cm³/mol. The molecule has 4 N–H and O–H groups in total. The third kappa shape index (κ3) is 7.49. The van der Waals surface area contributed by atoms with Crippen molar-refractivity contribution in [2.75, 3.05) is 6.54 Å². The Kier molecular flexibility index (Phi) is 9.00. The van der Waals surface area contributed by atoms with Crippen LogP contribution >= 0.6 is 0 Å². The van der Waals surface area contributed by atoms with E-state index >= 15 is 0 Å². The monoisotopic (exact) mass is 434 g/mol. The number of nitrogens with two attached hydrogens (primary N) is 1. The van der Waals surface area contributed by atoms with Crippen molar-refractivity contribution in [1.29, 1.82) is 0 Å². The van der Waals surface area contributed by atoms with Gasteiger partial charge in [0.1, 0.15) is 5.60 Å². The maximum atomic E-state index is 11.6. The highest BCUT2D eigenvalue weighted by Gasteiger charge is 2.32. The van der Waals surface area contributed by atoms with Gasteiger partial charge in [0.25, 0.3) is 0 Å². The van der Waals surface area contributed by atoms with Gasteiger partial charge in [0, 0.05) is 12.1 Å². The van der Waals surface area contributed by atoms with Crippen LogP contribution in [-0.4, -0.2) is 41.6 Å². The topological polar surface area (TPSA) is 104 Å². The lowest BCUT2D eigenvalue weighted by Crippen LogP contribution is -2.44. The molecule has 7 heteroatoms. The molecule has 2 atom stereocenters. The van der Waals surface area contributed by atoms with Crippen LogP contribution in [-0.2, 0) is 15.9 Å². The first-order valence-corrected chi connectivity index (χ1v) is 12.0. The van der Waals surface area contributed by atoms with Gasteiger partial charge < -0.3 is 5.11 Å². The first-order chi connectivity index (χ1) is 14.1. The second-order valence-electron chi connectivity index (χ2n) is 8.08. The molecule has 3 rings (SSSR count). The zero-order valence-electron chi connectivity index (χ0n) is 17.8. The van der Waals surface area contributed by atoms with E-state index in [-0.39, 0.29) is 0 Å². The van der Waals surface area contributed by atoms with Gasteiger partial charge in [-0.15, -0.1) is 0 Å². The standard InChI is InChI=1S/C23H31NO.H3NO3S/c1-19-11-9-12-20(2)24(19)18-10-17-23(25,21-13-5-3-6-14-21)22-15-7-4-8-16-22;1-5(2,3)4/h3-8,13-16,19-20,25H,9-12,17-18H2,1-2H3;(H3,1,2,3,4)/t19-,20+;. The molecule has 0 spiro atoms. The smallest absolute Gasteiger partial charge is 0.330 e. The number of hydrogen-bond donors (Lipinski definition) is 3. The van der Waals surface area contributed by atoms with Crippen molar-refractivity contribution >= 4 is 10.3 Å². The summed E-state index contributed by atoms with van der Waals surface area (Å²) in [4.78, 5) is 2.62. The van der Waals surface area contributed by atoms with Gasteiger partial charge in [-0.1, -0.05) is 67.1 Å². The molecule has 1 aliphatic rings. The molecular formula is C23H34N2O4S. The minimum Gasteiger partial charge on any atom is -0.380 e. The molecule has 6 nitrogen and oxygen atoms in total. The van der Waals surface area contributed by atoms with E-state index in [9.17, 15) is 5.11 Å². The Labute approximate surface area is 180 Å². The van der Waals surface area contributed by atoms with Crippen LogP contribution in [0.3, 0.4) is 0 Å². The summed E-state index contributed by atoms with van der Waals surface area (Å²) in [5, 5.41) is 15.5. The summed E-state index contributed by atoms with van der Waals surface area (Å²) in [7, 11) is -4.17. The average Bonchev–Trinajstić information content (AvgIpc) is 2.70. The number of rotatable bonds is 6. The van der Waals surface area contributed by atoms with Gasteiger partial charge in [-0.2, -0.15) is 8.42 Å². The van der Waals surface area contributed by atoms with E-state index in [2.05, 4.69) is 23.9 Å². The fraction of sp³-hybridized carbons (Fsp3) is 0.478. The highest BCUT2D eigenvalue weighted by Crippen LogP contribution is 2.34. The molecule has 0 aliphatic carbocycles. The summed E-state index contributed by atoms with van der Waals surface area (Å²) in [6.07, 6.45) is 5.68. The van der Waals surface area contributed by atoms with Gasteiger partial charge in [-0.3, -0.25) is 9.45 Å². The molecule has 30 heavy (non-hydrogen) atoms. The van der Waals surface area contributed by atoms with Gasteiger partial charge in [-0.05, 0) is 57.2 Å². The van der Waals surface area contributed by atoms with Crippen molar-refractivity contribution in [3.63, 3.8) is 0 Å². The summed E-state index contributed by atoms with van der Waals surface area (Å²) in [5.74, 6) is 0. The largest absolute Gasteiger partial charge is 0.380 e. The molecule has 1 aliphatic heterocycles. The predicted octanol–water partition coefficient (Wildman–Crippen LogP) is 3.71. The summed E-state index contributed by atoms with van der Waals surface area (Å²) < 4.78 is 25.2. The van der Waals surface area contributed by atoms with E-state index in [0.717, 1.165) is 30.5 Å². The van der Waals surface area contributed by atoms with Crippen LogP contribution in [0.4, 0.5) is 0 Å². The fourth-order valence-electron chi connectivity index (χ4n) is 4.32. The molecule has 2 aromatic carbocycles. The molecule has 0 bridgehead atoms. The van der Waals surface area contributed by atoms with E-state index < -0.39 is 15.9 Å². The second-order valence-corrected chi connectivity index (χ2v) is 9.11. The minimum atomic E-state index is -4.17. The van der Waals surface area contributed by atoms with Crippen LogP contribution < -0.4 is 5.14 Å². The van der Waals surface area contributed by atoms with Crippen molar-refractivity contribution in [3.8, 4) is 0 Å². The quantitative estimate of drug-likeness (QED) is 0.601. The van der Waals surface area contributed by atoms with E-state index in [1.807, 2.05) is 60.7 Å². The van der Waals surface area contributed by atoms with Crippen molar-refractivity contribution in [3.05, 3.63) is 71.8 Å². The average molecular weight is 435 g/mol. The highest BCUT2D eigenvalue weighted by molar-refractivity contribution is 7.83. The van der Waals surface area contributed by atoms with E-state index in [1.165, 1.54) is 19.3 Å². The lowest BCUT2D eigenvalue weighted by atomic mass is 9.82. The van der Waals surface area contributed by atoms with Gasteiger partial charge in [0.05, 0.1) is 0 Å². The van der Waals surface area contributed by atoms with Crippen molar-refractivity contribution in [2.45, 2.75) is 63.6 Å². The first-order valence-electron chi connectivity index (χ1n) is 10.5. The van der Waals surface area contributed by atoms with Crippen LogP contribution in [0, 0.1) is 0 Å². The molecule has 1 fully saturated rings. The Balaban J connectivity index is 0.000000575. The number of hydrogen-bond acceptors (Lipinski definition) is 4. The number of nitrogens with zero attached hydrogens (tertiary/aromatic N) is 1. The normalized spacial score (nSPS) is 20.3. The van der Waals surface area contributed by atoms with Crippen LogP contribution in [0.5, 0.6) is 0 Å².